The van der Waals surface area contributed by atoms with Crippen molar-refractivity contribution in [1.82, 2.24) is 4.57 Å². The Bertz CT molecular complexity index is 1230. The number of benzene rings is 3. The number of ketones is 1. The topological polar surface area (TPSA) is 48.3 Å². The Morgan fingerprint density at radius 1 is 0.897 bits per heavy atom. The van der Waals surface area contributed by atoms with Crippen molar-refractivity contribution in [3.63, 3.8) is 0 Å². The summed E-state index contributed by atoms with van der Waals surface area (Å²) in [6.45, 7) is 2.25. The van der Waals surface area contributed by atoms with E-state index < -0.39 is 0 Å². The van der Waals surface area contributed by atoms with Crippen LogP contribution in [0.3, 0.4) is 0 Å². The Morgan fingerprint density at radius 2 is 1.62 bits per heavy atom. The quantitative estimate of drug-likeness (QED) is 0.451. The molecule has 0 aliphatic rings. The Hall–Kier alpha value is -3.66. The highest BCUT2D eigenvalue weighted by atomic mass is 16.5. The molecule has 0 saturated carbocycles. The largest absolute Gasteiger partial charge is 0.483 e. The van der Waals surface area contributed by atoms with Gasteiger partial charge in [0.2, 0.25) is 5.43 Å². The summed E-state index contributed by atoms with van der Waals surface area (Å²) in [7, 11) is 0. The van der Waals surface area contributed by atoms with E-state index in [0.29, 0.717) is 17.9 Å². The van der Waals surface area contributed by atoms with Crippen LogP contribution in [0, 0.1) is 6.92 Å². The first-order valence-corrected chi connectivity index (χ1v) is 9.50. The SMILES string of the molecule is Cc1c(OCc2ccccc2)c(=O)ccn1CC(=O)c1ccc2ccccc2c1. The fourth-order valence-electron chi connectivity index (χ4n) is 3.34. The van der Waals surface area contributed by atoms with E-state index in [1.54, 1.807) is 17.7 Å². The van der Waals surface area contributed by atoms with Crippen molar-refractivity contribution in [2.75, 3.05) is 0 Å². The molecule has 0 spiro atoms. The van der Waals surface area contributed by atoms with Gasteiger partial charge in [0.25, 0.3) is 0 Å². The Kier molecular flexibility index (Phi) is 5.25. The third-order valence-corrected chi connectivity index (χ3v) is 5.00. The number of aromatic nitrogens is 1. The second kappa shape index (κ2) is 8.15. The lowest BCUT2D eigenvalue weighted by Gasteiger charge is -2.14. The molecule has 0 unspecified atom stereocenters. The minimum absolute atomic E-state index is 0.0171. The fourth-order valence-corrected chi connectivity index (χ4v) is 3.34. The minimum Gasteiger partial charge on any atom is -0.483 e. The monoisotopic (exact) mass is 383 g/mol. The molecule has 4 nitrogen and oxygen atoms in total. The van der Waals surface area contributed by atoms with Gasteiger partial charge < -0.3 is 9.30 Å². The molecule has 4 rings (SSSR count). The van der Waals surface area contributed by atoms with Crippen LogP contribution in [0.15, 0.2) is 89.9 Å². The summed E-state index contributed by atoms with van der Waals surface area (Å²) in [4.78, 5) is 25.1. The van der Waals surface area contributed by atoms with Crippen LogP contribution in [0.2, 0.25) is 0 Å². The van der Waals surface area contributed by atoms with E-state index in [1.807, 2.05) is 72.8 Å². The van der Waals surface area contributed by atoms with Crippen molar-refractivity contribution in [3.05, 3.63) is 112 Å². The van der Waals surface area contributed by atoms with Crippen molar-refractivity contribution in [1.29, 1.82) is 0 Å². The number of hydrogen-bond acceptors (Lipinski definition) is 3. The number of hydrogen-bond donors (Lipinski definition) is 0. The molecular formula is C25H21NO3. The summed E-state index contributed by atoms with van der Waals surface area (Å²) in [6.07, 6.45) is 1.64. The second-order valence-electron chi connectivity index (χ2n) is 6.98. The van der Waals surface area contributed by atoms with E-state index in [9.17, 15) is 9.59 Å². The average molecular weight is 383 g/mol. The summed E-state index contributed by atoms with van der Waals surface area (Å²) in [5.74, 6) is 0.263. The Balaban J connectivity index is 1.56. The summed E-state index contributed by atoms with van der Waals surface area (Å²) in [6, 6.07) is 24.8. The van der Waals surface area contributed by atoms with E-state index >= 15 is 0 Å². The summed E-state index contributed by atoms with van der Waals surface area (Å²) in [5, 5.41) is 2.13. The molecule has 29 heavy (non-hydrogen) atoms. The van der Waals surface area contributed by atoms with Crippen LogP contribution in [0.25, 0.3) is 10.8 Å². The highest BCUT2D eigenvalue weighted by molar-refractivity contribution is 5.99. The van der Waals surface area contributed by atoms with Crippen molar-refractivity contribution in [3.8, 4) is 5.75 Å². The molecule has 4 aromatic rings. The van der Waals surface area contributed by atoms with Gasteiger partial charge in [0, 0.05) is 17.8 Å². The van der Waals surface area contributed by atoms with Gasteiger partial charge in [-0.15, -0.1) is 0 Å². The first kappa shape index (κ1) is 18.7. The molecule has 0 radical (unpaired) electrons. The van der Waals surface area contributed by atoms with Gasteiger partial charge in [-0.05, 0) is 29.3 Å². The van der Waals surface area contributed by atoms with Gasteiger partial charge in [-0.2, -0.15) is 0 Å². The lowest BCUT2D eigenvalue weighted by Crippen LogP contribution is -2.18. The zero-order valence-electron chi connectivity index (χ0n) is 16.2. The summed E-state index contributed by atoms with van der Waals surface area (Å²) >= 11 is 0. The normalized spacial score (nSPS) is 10.8. The van der Waals surface area contributed by atoms with E-state index in [1.165, 1.54) is 6.07 Å². The van der Waals surface area contributed by atoms with Crippen LogP contribution < -0.4 is 10.2 Å². The molecule has 144 valence electrons. The van der Waals surface area contributed by atoms with Crippen molar-refractivity contribution < 1.29 is 9.53 Å². The maximum Gasteiger partial charge on any atom is 0.223 e. The second-order valence-corrected chi connectivity index (χ2v) is 6.98. The van der Waals surface area contributed by atoms with Crippen LogP contribution in [-0.2, 0) is 13.2 Å². The zero-order chi connectivity index (χ0) is 20.2. The van der Waals surface area contributed by atoms with Gasteiger partial charge in [-0.1, -0.05) is 66.7 Å². The lowest BCUT2D eigenvalue weighted by atomic mass is 10.0. The Morgan fingerprint density at radius 3 is 2.41 bits per heavy atom. The van der Waals surface area contributed by atoms with Crippen molar-refractivity contribution in [2.45, 2.75) is 20.1 Å². The fraction of sp³-hybridized carbons (Fsp3) is 0.120. The molecule has 0 fully saturated rings. The number of rotatable bonds is 6. The maximum absolute atomic E-state index is 12.8. The standard InChI is InChI=1S/C25H21NO3/c1-18-25(29-17-19-7-3-2-4-8-19)23(27)13-14-26(18)16-24(28)22-12-11-20-9-5-6-10-21(20)15-22/h2-15H,16-17H2,1H3. The third kappa shape index (κ3) is 4.11. The van der Waals surface area contributed by atoms with Crippen molar-refractivity contribution in [2.24, 2.45) is 0 Å². The van der Waals surface area contributed by atoms with E-state index in [-0.39, 0.29) is 23.5 Å². The molecule has 0 N–H and O–H groups in total. The number of ether oxygens (including phenoxy) is 1. The zero-order valence-corrected chi connectivity index (χ0v) is 16.2. The molecule has 0 aliphatic carbocycles. The van der Waals surface area contributed by atoms with E-state index in [0.717, 1.165) is 16.3 Å². The highest BCUT2D eigenvalue weighted by Crippen LogP contribution is 2.18. The molecule has 4 heteroatoms. The molecule has 1 heterocycles. The lowest BCUT2D eigenvalue weighted by molar-refractivity contribution is 0.0971. The molecule has 0 bridgehead atoms. The molecular weight excluding hydrogens is 362 g/mol. The molecule has 0 atom stereocenters. The van der Waals surface area contributed by atoms with Crippen LogP contribution in [-0.4, -0.2) is 10.4 Å². The molecule has 0 saturated heterocycles. The van der Waals surface area contributed by atoms with Gasteiger partial charge in [-0.25, -0.2) is 0 Å². The van der Waals surface area contributed by atoms with Gasteiger partial charge in [0.1, 0.15) is 6.61 Å². The number of Topliss-reactive ketones (excluding diaryl/α,β-unsaturated/α-hetero) is 1. The van der Waals surface area contributed by atoms with E-state index in [4.69, 9.17) is 4.74 Å². The predicted octanol–water partition coefficient (Wildman–Crippen LogP) is 4.77. The highest BCUT2D eigenvalue weighted by Gasteiger charge is 2.13. The number of fused-ring (bicyclic) bond motifs is 1. The third-order valence-electron chi connectivity index (χ3n) is 5.00. The molecule has 1 aromatic heterocycles. The van der Waals surface area contributed by atoms with Crippen LogP contribution in [0.1, 0.15) is 21.6 Å². The molecule has 0 aliphatic heterocycles. The van der Waals surface area contributed by atoms with Crippen LogP contribution >= 0.6 is 0 Å². The van der Waals surface area contributed by atoms with Gasteiger partial charge in [0.15, 0.2) is 11.5 Å². The van der Waals surface area contributed by atoms with Crippen LogP contribution in [0.5, 0.6) is 5.75 Å². The van der Waals surface area contributed by atoms with Gasteiger partial charge >= 0.3 is 0 Å². The maximum atomic E-state index is 12.8. The smallest absolute Gasteiger partial charge is 0.223 e. The number of pyridine rings is 1. The number of carbonyl (C=O) groups excluding carboxylic acids is 1. The average Bonchev–Trinajstić information content (AvgIpc) is 2.76. The van der Waals surface area contributed by atoms with Crippen molar-refractivity contribution >= 4 is 16.6 Å². The number of carbonyl (C=O) groups is 1. The summed E-state index contributed by atoms with van der Waals surface area (Å²) < 4.78 is 7.56. The summed E-state index contributed by atoms with van der Waals surface area (Å²) in [5.41, 5.74) is 2.08. The minimum atomic E-state index is -0.187. The van der Waals surface area contributed by atoms with Crippen LogP contribution in [0.4, 0.5) is 0 Å². The number of nitrogens with zero attached hydrogens (tertiary/aromatic N) is 1. The molecule has 3 aromatic carbocycles. The van der Waals surface area contributed by atoms with Gasteiger partial charge in [-0.3, -0.25) is 9.59 Å². The predicted molar refractivity (Wildman–Crippen MR) is 114 cm³/mol. The molecule has 0 amide bonds. The first-order chi connectivity index (χ1) is 14.1. The van der Waals surface area contributed by atoms with Gasteiger partial charge in [0.05, 0.1) is 12.2 Å². The van der Waals surface area contributed by atoms with E-state index in [2.05, 4.69) is 0 Å². The Labute approximate surface area is 169 Å². The first-order valence-electron chi connectivity index (χ1n) is 9.50.